The van der Waals surface area contributed by atoms with E-state index in [1.165, 1.54) is 0 Å². The van der Waals surface area contributed by atoms with Crippen LogP contribution in [0.4, 0.5) is 0 Å². The Bertz CT molecular complexity index is 379. The van der Waals surface area contributed by atoms with Crippen LogP contribution in [0.5, 0.6) is 0 Å². The maximum absolute atomic E-state index is 11.2. The van der Waals surface area contributed by atoms with Gasteiger partial charge in [0.05, 0.1) is 11.3 Å². The van der Waals surface area contributed by atoms with Gasteiger partial charge in [-0.05, 0) is 6.42 Å². The van der Waals surface area contributed by atoms with Crippen molar-refractivity contribution in [2.45, 2.75) is 44.6 Å². The van der Waals surface area contributed by atoms with Crippen LogP contribution in [0.3, 0.4) is 0 Å². The van der Waals surface area contributed by atoms with Crippen LogP contribution in [0, 0.1) is 0 Å². The van der Waals surface area contributed by atoms with Gasteiger partial charge in [-0.2, -0.15) is 0 Å². The maximum Gasteiger partial charge on any atom is 0.363 e. The summed E-state index contributed by atoms with van der Waals surface area (Å²) in [6, 6.07) is 0. The van der Waals surface area contributed by atoms with Gasteiger partial charge in [-0.15, -0.1) is 0 Å². The third-order valence-corrected chi connectivity index (χ3v) is 2.90. The van der Waals surface area contributed by atoms with Crippen molar-refractivity contribution in [1.82, 2.24) is 5.16 Å². The lowest BCUT2D eigenvalue weighted by Gasteiger charge is -2.34. The molecular weight excluding hydrogens is 182 g/mol. The Morgan fingerprint density at radius 1 is 1.57 bits per heavy atom. The largest absolute Gasteiger partial charge is 0.384 e. The fraction of sp³-hybridized carbons (Fsp3) is 0.700. The van der Waals surface area contributed by atoms with Gasteiger partial charge in [0.2, 0.25) is 0 Å². The van der Waals surface area contributed by atoms with Crippen molar-refractivity contribution in [3.05, 3.63) is 21.7 Å². The van der Waals surface area contributed by atoms with Gasteiger partial charge in [0.15, 0.2) is 0 Å². The molecule has 1 unspecified atom stereocenters. The molecule has 0 amide bonds. The smallest absolute Gasteiger partial charge is 0.363 e. The highest BCUT2D eigenvalue weighted by molar-refractivity contribution is 5.34. The van der Waals surface area contributed by atoms with E-state index in [0.29, 0.717) is 18.4 Å². The number of fused-ring (bicyclic) bond motifs is 1. The van der Waals surface area contributed by atoms with Crippen molar-refractivity contribution in [3.63, 3.8) is 0 Å². The summed E-state index contributed by atoms with van der Waals surface area (Å²) in [5.41, 5.74) is -0.113. The summed E-state index contributed by atoms with van der Waals surface area (Å²) in [7, 11) is 0. The molecule has 4 nitrogen and oxygen atoms in total. The number of rotatable bonds is 4. The normalized spacial score (nSPS) is 24.4. The first kappa shape index (κ1) is 9.52. The highest BCUT2D eigenvalue weighted by Gasteiger charge is 2.45. The Morgan fingerprint density at radius 3 is 3.00 bits per heavy atom. The van der Waals surface area contributed by atoms with Gasteiger partial charge in [0, 0.05) is 6.42 Å². The van der Waals surface area contributed by atoms with Gasteiger partial charge in [0.1, 0.15) is 5.60 Å². The molecule has 0 aromatic carbocycles. The van der Waals surface area contributed by atoms with E-state index in [0.717, 1.165) is 25.0 Å². The van der Waals surface area contributed by atoms with E-state index in [1.54, 1.807) is 0 Å². The quantitative estimate of drug-likeness (QED) is 0.715. The van der Waals surface area contributed by atoms with Crippen molar-refractivity contribution < 1.29 is 9.63 Å². The molecule has 0 saturated carbocycles. The van der Waals surface area contributed by atoms with Gasteiger partial charge in [-0.3, -0.25) is 0 Å². The number of hydrogen-bond acceptors (Lipinski definition) is 3. The van der Waals surface area contributed by atoms with Gasteiger partial charge in [-0.25, -0.2) is 9.95 Å². The molecule has 4 heteroatoms. The second-order valence-corrected chi connectivity index (χ2v) is 4.01. The number of aliphatic hydroxyl groups is 1. The molecule has 1 aliphatic carbocycles. The van der Waals surface area contributed by atoms with E-state index in [4.69, 9.17) is 0 Å². The van der Waals surface area contributed by atoms with E-state index in [1.807, 2.05) is 0 Å². The molecule has 0 spiro atoms. The predicted molar refractivity (Wildman–Crippen MR) is 51.1 cm³/mol. The SMILES string of the molecule is CCCCCC1(O)Cc2[nH]oc(=O)c21. The zero-order valence-electron chi connectivity index (χ0n) is 8.30. The minimum Gasteiger partial charge on any atom is -0.384 e. The van der Waals surface area contributed by atoms with Crippen LogP contribution >= 0.6 is 0 Å². The molecule has 1 atom stereocenters. The number of unbranched alkanes of at least 4 members (excludes halogenated alkanes) is 2. The van der Waals surface area contributed by atoms with Crippen molar-refractivity contribution in [3.8, 4) is 0 Å². The summed E-state index contributed by atoms with van der Waals surface area (Å²) in [4.78, 5) is 11.2. The molecule has 0 bridgehead atoms. The van der Waals surface area contributed by atoms with E-state index >= 15 is 0 Å². The van der Waals surface area contributed by atoms with Crippen molar-refractivity contribution in [2.75, 3.05) is 0 Å². The minimum absolute atomic E-state index is 0.412. The number of H-pyrrole nitrogens is 1. The lowest BCUT2D eigenvalue weighted by molar-refractivity contribution is -0.000438. The summed E-state index contributed by atoms with van der Waals surface area (Å²) in [5, 5.41) is 12.6. The lowest BCUT2D eigenvalue weighted by Crippen LogP contribution is -2.41. The van der Waals surface area contributed by atoms with Crippen LogP contribution in [-0.2, 0) is 12.0 Å². The molecule has 1 heterocycles. The van der Waals surface area contributed by atoms with E-state index in [2.05, 4.69) is 16.6 Å². The average molecular weight is 197 g/mol. The molecule has 1 aromatic rings. The zero-order valence-corrected chi connectivity index (χ0v) is 8.30. The number of nitrogens with one attached hydrogen (secondary N) is 1. The highest BCUT2D eigenvalue weighted by atomic mass is 16.5. The third kappa shape index (κ3) is 1.30. The van der Waals surface area contributed by atoms with Gasteiger partial charge in [0.25, 0.3) is 0 Å². The Hall–Kier alpha value is -1.03. The average Bonchev–Trinajstić information content (AvgIpc) is 2.42. The molecule has 2 N–H and O–H groups in total. The molecule has 0 aliphatic heterocycles. The fourth-order valence-electron chi connectivity index (χ4n) is 2.08. The molecule has 1 aromatic heterocycles. The van der Waals surface area contributed by atoms with Crippen molar-refractivity contribution in [2.24, 2.45) is 0 Å². The van der Waals surface area contributed by atoms with Gasteiger partial charge in [-0.1, -0.05) is 26.2 Å². The van der Waals surface area contributed by atoms with E-state index in [9.17, 15) is 9.90 Å². The predicted octanol–water partition coefficient (Wildman–Crippen LogP) is 1.29. The molecule has 0 radical (unpaired) electrons. The van der Waals surface area contributed by atoms with Crippen LogP contribution in [0.15, 0.2) is 9.32 Å². The Labute approximate surface area is 81.9 Å². The molecule has 2 rings (SSSR count). The second-order valence-electron chi connectivity index (χ2n) is 4.01. The van der Waals surface area contributed by atoms with Gasteiger partial charge < -0.3 is 9.63 Å². The van der Waals surface area contributed by atoms with Gasteiger partial charge >= 0.3 is 5.63 Å². The topological polar surface area (TPSA) is 66.2 Å². The van der Waals surface area contributed by atoms with Crippen LogP contribution < -0.4 is 5.63 Å². The van der Waals surface area contributed by atoms with Crippen LogP contribution in [0.2, 0.25) is 0 Å². The Morgan fingerprint density at radius 2 is 2.36 bits per heavy atom. The Kier molecular flexibility index (Phi) is 2.23. The molecule has 14 heavy (non-hydrogen) atoms. The number of aromatic nitrogens is 1. The minimum atomic E-state index is -0.912. The van der Waals surface area contributed by atoms with E-state index in [-0.39, 0.29) is 0 Å². The van der Waals surface area contributed by atoms with Crippen LogP contribution in [-0.4, -0.2) is 10.3 Å². The standard InChI is InChI=1S/C10H15NO3/c1-2-3-4-5-10(13)6-7-8(10)9(12)14-11-7/h11,13H,2-6H2,1H3. The first-order valence-corrected chi connectivity index (χ1v) is 5.10. The van der Waals surface area contributed by atoms with Crippen molar-refractivity contribution >= 4 is 0 Å². The monoisotopic (exact) mass is 197 g/mol. The highest BCUT2D eigenvalue weighted by Crippen LogP contribution is 2.39. The molecular formula is C10H15NO3. The fourth-order valence-corrected chi connectivity index (χ4v) is 2.08. The summed E-state index contributed by atoms with van der Waals surface area (Å²) < 4.78 is 4.62. The first-order valence-electron chi connectivity index (χ1n) is 5.10. The molecule has 0 saturated heterocycles. The number of aromatic amines is 1. The van der Waals surface area contributed by atoms with Crippen LogP contribution in [0.1, 0.15) is 43.9 Å². The summed E-state index contributed by atoms with van der Waals surface area (Å²) in [6.07, 6.45) is 4.35. The number of hydrogen-bond donors (Lipinski definition) is 2. The summed E-state index contributed by atoms with van der Waals surface area (Å²) >= 11 is 0. The van der Waals surface area contributed by atoms with Crippen LogP contribution in [0.25, 0.3) is 0 Å². The summed E-state index contributed by atoms with van der Waals surface area (Å²) in [6.45, 7) is 2.11. The molecule has 0 fully saturated rings. The van der Waals surface area contributed by atoms with E-state index < -0.39 is 11.2 Å². The zero-order chi connectivity index (χ0) is 10.2. The Balaban J connectivity index is 2.07. The second kappa shape index (κ2) is 3.28. The van der Waals surface area contributed by atoms with Crippen molar-refractivity contribution in [1.29, 1.82) is 0 Å². The lowest BCUT2D eigenvalue weighted by atomic mass is 9.75. The first-order chi connectivity index (χ1) is 6.67. The molecule has 78 valence electrons. The third-order valence-electron chi connectivity index (χ3n) is 2.90. The summed E-state index contributed by atoms with van der Waals surface area (Å²) in [5.74, 6) is 0. The molecule has 1 aliphatic rings. The maximum atomic E-state index is 11.2.